The third-order valence-electron chi connectivity index (χ3n) is 2.34. The highest BCUT2D eigenvalue weighted by Crippen LogP contribution is 2.33. The van der Waals surface area contributed by atoms with Crippen molar-refractivity contribution >= 4 is 0 Å². The standard InChI is InChI=1S/C13H10F3NO2/c14-13(15,16)12(18)9-6-11(8-17-7-9)19-10-4-2-1-3-5-10/h1-8,12,18H. The molecule has 6 heteroatoms. The van der Waals surface area contributed by atoms with Crippen molar-refractivity contribution in [1.82, 2.24) is 4.98 Å². The number of alkyl halides is 3. The Morgan fingerprint density at radius 2 is 1.74 bits per heavy atom. The van der Waals surface area contributed by atoms with Crippen molar-refractivity contribution in [3.05, 3.63) is 54.4 Å². The molecule has 3 nitrogen and oxygen atoms in total. The van der Waals surface area contributed by atoms with Crippen LogP contribution in [0, 0.1) is 0 Å². The second-order valence-electron chi connectivity index (χ2n) is 3.81. The average molecular weight is 269 g/mol. The maximum absolute atomic E-state index is 12.4. The number of hydrogen-bond donors (Lipinski definition) is 1. The van der Waals surface area contributed by atoms with Gasteiger partial charge in [-0.25, -0.2) is 0 Å². The fourth-order valence-corrected chi connectivity index (χ4v) is 1.45. The van der Waals surface area contributed by atoms with E-state index in [1.165, 1.54) is 6.20 Å². The zero-order valence-electron chi connectivity index (χ0n) is 9.63. The van der Waals surface area contributed by atoms with Crippen LogP contribution >= 0.6 is 0 Å². The van der Waals surface area contributed by atoms with E-state index in [9.17, 15) is 13.2 Å². The lowest BCUT2D eigenvalue weighted by Crippen LogP contribution is -2.20. The number of hydrogen-bond acceptors (Lipinski definition) is 3. The van der Waals surface area contributed by atoms with Gasteiger partial charge < -0.3 is 9.84 Å². The van der Waals surface area contributed by atoms with E-state index in [4.69, 9.17) is 9.84 Å². The van der Waals surface area contributed by atoms with E-state index >= 15 is 0 Å². The number of pyridine rings is 1. The number of aliphatic hydroxyl groups excluding tert-OH is 1. The predicted molar refractivity (Wildman–Crippen MR) is 61.8 cm³/mol. The summed E-state index contributed by atoms with van der Waals surface area (Å²) in [6.45, 7) is 0. The van der Waals surface area contributed by atoms with E-state index in [-0.39, 0.29) is 11.3 Å². The molecule has 0 fully saturated rings. The number of nitrogens with zero attached hydrogens (tertiary/aromatic N) is 1. The molecule has 0 bridgehead atoms. The van der Waals surface area contributed by atoms with Crippen molar-refractivity contribution in [3.8, 4) is 11.5 Å². The van der Waals surface area contributed by atoms with Crippen molar-refractivity contribution < 1.29 is 23.0 Å². The zero-order valence-corrected chi connectivity index (χ0v) is 9.63. The number of halogens is 3. The quantitative estimate of drug-likeness (QED) is 0.927. The Hall–Kier alpha value is -2.08. The molecule has 1 aromatic heterocycles. The molecule has 100 valence electrons. The van der Waals surface area contributed by atoms with E-state index in [1.54, 1.807) is 30.3 Å². The first kappa shape index (κ1) is 13.4. The minimum Gasteiger partial charge on any atom is -0.456 e. The highest BCUT2D eigenvalue weighted by molar-refractivity contribution is 5.32. The molecule has 0 saturated heterocycles. The van der Waals surface area contributed by atoms with E-state index in [2.05, 4.69) is 4.98 Å². The highest BCUT2D eigenvalue weighted by atomic mass is 19.4. The molecule has 0 aliphatic heterocycles. The Morgan fingerprint density at radius 1 is 1.05 bits per heavy atom. The molecule has 2 aromatic rings. The van der Waals surface area contributed by atoms with Gasteiger partial charge in [-0.2, -0.15) is 13.2 Å². The fraction of sp³-hybridized carbons (Fsp3) is 0.154. The van der Waals surface area contributed by atoms with Crippen molar-refractivity contribution in [2.45, 2.75) is 12.3 Å². The highest BCUT2D eigenvalue weighted by Gasteiger charge is 2.39. The zero-order chi connectivity index (χ0) is 13.9. The number of benzene rings is 1. The molecule has 19 heavy (non-hydrogen) atoms. The molecule has 1 aromatic carbocycles. The van der Waals surface area contributed by atoms with E-state index in [1.807, 2.05) is 0 Å². The summed E-state index contributed by atoms with van der Waals surface area (Å²) in [4.78, 5) is 3.63. The van der Waals surface area contributed by atoms with Gasteiger partial charge in [0.25, 0.3) is 0 Å². The maximum atomic E-state index is 12.4. The van der Waals surface area contributed by atoms with Gasteiger partial charge in [-0.1, -0.05) is 18.2 Å². The molecule has 1 unspecified atom stereocenters. The maximum Gasteiger partial charge on any atom is 0.418 e. The van der Waals surface area contributed by atoms with E-state index in [0.29, 0.717) is 5.75 Å². The van der Waals surface area contributed by atoms with Crippen LogP contribution in [0.3, 0.4) is 0 Å². The average Bonchev–Trinajstić information content (AvgIpc) is 2.38. The summed E-state index contributed by atoms with van der Waals surface area (Å²) in [5.41, 5.74) is -0.360. The lowest BCUT2D eigenvalue weighted by atomic mass is 10.1. The summed E-state index contributed by atoms with van der Waals surface area (Å²) in [5, 5.41) is 9.13. The van der Waals surface area contributed by atoms with Gasteiger partial charge in [-0.3, -0.25) is 4.98 Å². The minimum absolute atomic E-state index is 0.131. The second kappa shape index (κ2) is 5.27. The SMILES string of the molecule is OC(c1cncc(Oc2ccccc2)c1)C(F)(F)F. The molecule has 0 spiro atoms. The van der Waals surface area contributed by atoms with Gasteiger partial charge in [0.15, 0.2) is 6.10 Å². The molecule has 1 atom stereocenters. The second-order valence-corrected chi connectivity index (χ2v) is 3.81. The molecule has 0 aliphatic carbocycles. The summed E-state index contributed by atoms with van der Waals surface area (Å²) in [7, 11) is 0. The summed E-state index contributed by atoms with van der Waals surface area (Å²) >= 11 is 0. The Kier molecular flexibility index (Phi) is 3.71. The number of para-hydroxylation sites is 1. The van der Waals surface area contributed by atoms with Crippen LogP contribution in [0.5, 0.6) is 11.5 Å². The van der Waals surface area contributed by atoms with Crippen LogP contribution in [0.1, 0.15) is 11.7 Å². The van der Waals surface area contributed by atoms with Gasteiger partial charge in [0, 0.05) is 11.8 Å². The molecule has 1 heterocycles. The molecule has 0 saturated carbocycles. The Bertz CT molecular complexity index is 543. The van der Waals surface area contributed by atoms with Crippen LogP contribution in [0.4, 0.5) is 13.2 Å². The monoisotopic (exact) mass is 269 g/mol. The van der Waals surface area contributed by atoms with Crippen molar-refractivity contribution in [1.29, 1.82) is 0 Å². The topological polar surface area (TPSA) is 42.4 Å². The smallest absolute Gasteiger partial charge is 0.418 e. The van der Waals surface area contributed by atoms with Crippen LogP contribution in [0.15, 0.2) is 48.8 Å². The molecule has 0 aliphatic rings. The lowest BCUT2D eigenvalue weighted by molar-refractivity contribution is -0.206. The number of aliphatic hydroxyl groups is 1. The largest absolute Gasteiger partial charge is 0.456 e. The van der Waals surface area contributed by atoms with Crippen LogP contribution in [0.2, 0.25) is 0 Å². The summed E-state index contributed by atoms with van der Waals surface area (Å²) in [6, 6.07) is 9.68. The van der Waals surface area contributed by atoms with E-state index < -0.39 is 12.3 Å². The van der Waals surface area contributed by atoms with E-state index in [0.717, 1.165) is 12.3 Å². The van der Waals surface area contributed by atoms with Crippen molar-refractivity contribution in [3.63, 3.8) is 0 Å². The first-order chi connectivity index (χ1) is 8.97. The van der Waals surface area contributed by atoms with Gasteiger partial charge in [-0.05, 0) is 18.2 Å². The van der Waals surface area contributed by atoms with Crippen molar-refractivity contribution in [2.24, 2.45) is 0 Å². The first-order valence-corrected chi connectivity index (χ1v) is 5.39. The van der Waals surface area contributed by atoms with Gasteiger partial charge in [0.05, 0.1) is 6.20 Å². The number of rotatable bonds is 3. The third-order valence-corrected chi connectivity index (χ3v) is 2.34. The lowest BCUT2D eigenvalue weighted by Gasteiger charge is -2.15. The summed E-state index contributed by atoms with van der Waals surface area (Å²) in [6.07, 6.45) is -5.07. The number of ether oxygens (including phenoxy) is 1. The van der Waals surface area contributed by atoms with Gasteiger partial charge in [0.1, 0.15) is 11.5 Å². The van der Waals surface area contributed by atoms with Crippen LogP contribution in [0.25, 0.3) is 0 Å². The Balaban J connectivity index is 2.20. The normalized spacial score (nSPS) is 13.1. The molecule has 1 N–H and O–H groups in total. The fourth-order valence-electron chi connectivity index (χ4n) is 1.45. The predicted octanol–water partition coefficient (Wildman–Crippen LogP) is 3.47. The summed E-state index contributed by atoms with van der Waals surface area (Å²) < 4.78 is 42.5. The van der Waals surface area contributed by atoms with Gasteiger partial charge in [0.2, 0.25) is 0 Å². The van der Waals surface area contributed by atoms with Gasteiger partial charge in [-0.15, -0.1) is 0 Å². The first-order valence-electron chi connectivity index (χ1n) is 5.39. The minimum atomic E-state index is -4.73. The third kappa shape index (κ3) is 3.45. The molecular weight excluding hydrogens is 259 g/mol. The molecule has 0 amide bonds. The molecule has 2 rings (SSSR count). The van der Waals surface area contributed by atoms with Crippen molar-refractivity contribution in [2.75, 3.05) is 0 Å². The van der Waals surface area contributed by atoms with Gasteiger partial charge >= 0.3 is 6.18 Å². The molecule has 0 radical (unpaired) electrons. The number of aromatic nitrogens is 1. The molecular formula is C13H10F3NO2. The van der Waals surface area contributed by atoms with Crippen LogP contribution in [-0.2, 0) is 0 Å². The van der Waals surface area contributed by atoms with Crippen LogP contribution < -0.4 is 4.74 Å². The van der Waals surface area contributed by atoms with Crippen LogP contribution in [-0.4, -0.2) is 16.3 Å². The summed E-state index contributed by atoms with van der Waals surface area (Å²) in [5.74, 6) is 0.606. The Morgan fingerprint density at radius 3 is 2.37 bits per heavy atom. The Labute approximate surface area is 107 Å².